The molecular formula is C21H30F3N7O4S. The lowest BCUT2D eigenvalue weighted by atomic mass is 10.0. The van der Waals surface area contributed by atoms with E-state index in [1.807, 2.05) is 13.8 Å². The second kappa shape index (κ2) is 10.4. The third-order valence-electron chi connectivity index (χ3n) is 6.35. The molecule has 36 heavy (non-hydrogen) atoms. The fourth-order valence-corrected chi connectivity index (χ4v) is 5.28. The monoisotopic (exact) mass is 533 g/mol. The van der Waals surface area contributed by atoms with Gasteiger partial charge >= 0.3 is 12.3 Å². The van der Waals surface area contributed by atoms with Crippen LogP contribution in [-0.2, 0) is 10.0 Å². The molecule has 0 atom stereocenters. The van der Waals surface area contributed by atoms with Crippen molar-refractivity contribution < 1.29 is 30.8 Å². The zero-order chi connectivity index (χ0) is 26.1. The summed E-state index contributed by atoms with van der Waals surface area (Å²) in [5, 5.41) is 3.92. The number of rotatable bonds is 7. The smallest absolute Gasteiger partial charge is 0.474 e. The van der Waals surface area contributed by atoms with Gasteiger partial charge in [0.15, 0.2) is 5.82 Å². The van der Waals surface area contributed by atoms with Gasteiger partial charge in [-0.15, -0.1) is 0 Å². The average Bonchev–Trinajstić information content (AvgIpc) is 3.30. The number of nitrogens with zero attached hydrogens (tertiary/aromatic N) is 7. The highest BCUT2D eigenvalue weighted by Gasteiger charge is 2.44. The maximum atomic E-state index is 14.2. The molecule has 2 saturated heterocycles. The number of piperidine rings is 2. The van der Waals surface area contributed by atoms with Gasteiger partial charge in [0.2, 0.25) is 15.9 Å². The van der Waals surface area contributed by atoms with Gasteiger partial charge in [-0.3, -0.25) is 4.90 Å². The number of halogens is 3. The summed E-state index contributed by atoms with van der Waals surface area (Å²) < 4.78 is 78.3. The van der Waals surface area contributed by atoms with Crippen LogP contribution in [0, 0.1) is 0 Å². The van der Waals surface area contributed by atoms with Crippen LogP contribution in [-0.4, -0.2) is 83.7 Å². The van der Waals surface area contributed by atoms with E-state index in [4.69, 9.17) is 9.26 Å². The van der Waals surface area contributed by atoms with E-state index in [-0.39, 0.29) is 49.7 Å². The second-order valence-corrected chi connectivity index (χ2v) is 11.3. The first-order valence-electron chi connectivity index (χ1n) is 11.8. The molecule has 2 fully saturated rings. The van der Waals surface area contributed by atoms with Gasteiger partial charge in [0.25, 0.3) is 0 Å². The molecule has 4 rings (SSSR count). The first-order chi connectivity index (χ1) is 16.9. The predicted octanol–water partition coefficient (Wildman–Crippen LogP) is 2.78. The molecule has 0 radical (unpaired) electrons. The maximum absolute atomic E-state index is 14.2. The minimum Gasteiger partial charge on any atom is -0.474 e. The number of sulfonamides is 1. The molecule has 2 aliphatic heterocycles. The van der Waals surface area contributed by atoms with E-state index >= 15 is 0 Å². The van der Waals surface area contributed by atoms with Crippen molar-refractivity contribution in [3.8, 4) is 5.88 Å². The van der Waals surface area contributed by atoms with Crippen LogP contribution in [0.15, 0.2) is 16.9 Å². The van der Waals surface area contributed by atoms with Crippen molar-refractivity contribution in [2.45, 2.75) is 63.9 Å². The van der Waals surface area contributed by atoms with Crippen LogP contribution < -0.4 is 14.5 Å². The summed E-state index contributed by atoms with van der Waals surface area (Å²) in [4.78, 5) is 14.4. The Labute approximate surface area is 207 Å². The molecule has 0 unspecified atom stereocenters. The van der Waals surface area contributed by atoms with Crippen LogP contribution >= 0.6 is 0 Å². The van der Waals surface area contributed by atoms with Crippen molar-refractivity contribution in [2.75, 3.05) is 42.2 Å². The van der Waals surface area contributed by atoms with Crippen LogP contribution in [0.4, 0.5) is 25.0 Å². The van der Waals surface area contributed by atoms with E-state index in [9.17, 15) is 21.6 Å². The minimum absolute atomic E-state index is 0.0246. The Bertz CT molecular complexity index is 1130. The van der Waals surface area contributed by atoms with Crippen molar-refractivity contribution in [3.05, 3.63) is 18.2 Å². The summed E-state index contributed by atoms with van der Waals surface area (Å²) in [7, 11) is -3.29. The lowest BCUT2D eigenvalue weighted by molar-refractivity contribution is -0.136. The van der Waals surface area contributed by atoms with Gasteiger partial charge in [0.1, 0.15) is 18.2 Å². The Morgan fingerprint density at radius 2 is 1.78 bits per heavy atom. The van der Waals surface area contributed by atoms with E-state index < -0.39 is 22.4 Å². The van der Waals surface area contributed by atoms with Gasteiger partial charge in [-0.05, 0) is 25.7 Å². The largest absolute Gasteiger partial charge is 0.486 e. The molecular weight excluding hydrogens is 503 g/mol. The Kier molecular flexibility index (Phi) is 7.59. The fraction of sp³-hybridized carbons (Fsp3) is 0.714. The fourth-order valence-electron chi connectivity index (χ4n) is 4.41. The van der Waals surface area contributed by atoms with Gasteiger partial charge < -0.3 is 14.2 Å². The van der Waals surface area contributed by atoms with Crippen molar-refractivity contribution in [1.82, 2.24) is 24.4 Å². The Balaban J connectivity index is 1.42. The minimum atomic E-state index is -4.66. The number of alkyl halides is 3. The maximum Gasteiger partial charge on any atom is 0.486 e. The SMILES string of the molecule is CC(C)c1noc(N2CCC(N(c3cc(OC4CCN(S(C)(=O)=O)CC4)ncn3)C(F)(F)F)CC2)n1. The van der Waals surface area contributed by atoms with E-state index in [0.717, 1.165) is 12.6 Å². The lowest BCUT2D eigenvalue weighted by Crippen LogP contribution is -2.51. The van der Waals surface area contributed by atoms with Crippen LogP contribution in [0.25, 0.3) is 0 Å². The second-order valence-electron chi connectivity index (χ2n) is 9.34. The molecule has 0 aliphatic carbocycles. The van der Waals surface area contributed by atoms with E-state index in [1.165, 1.54) is 10.4 Å². The Morgan fingerprint density at radius 1 is 1.11 bits per heavy atom. The molecule has 2 aromatic rings. The van der Waals surface area contributed by atoms with Crippen LogP contribution in [0.2, 0.25) is 0 Å². The zero-order valence-electron chi connectivity index (χ0n) is 20.3. The summed E-state index contributed by atoms with van der Waals surface area (Å²) in [5.41, 5.74) is 0. The van der Waals surface area contributed by atoms with Crippen molar-refractivity contribution in [2.24, 2.45) is 0 Å². The molecule has 200 valence electrons. The first kappa shape index (κ1) is 26.4. The number of ether oxygens (including phenoxy) is 1. The summed E-state index contributed by atoms with van der Waals surface area (Å²) >= 11 is 0. The van der Waals surface area contributed by atoms with E-state index in [2.05, 4.69) is 20.1 Å². The van der Waals surface area contributed by atoms with E-state index in [1.54, 1.807) is 4.90 Å². The number of hydrogen-bond donors (Lipinski definition) is 0. The molecule has 2 aliphatic rings. The van der Waals surface area contributed by atoms with Crippen LogP contribution in [0.1, 0.15) is 51.3 Å². The van der Waals surface area contributed by atoms with E-state index in [0.29, 0.717) is 42.7 Å². The number of hydrogen-bond acceptors (Lipinski definition) is 10. The highest BCUT2D eigenvalue weighted by atomic mass is 32.2. The Hall–Kier alpha value is -2.68. The summed E-state index contributed by atoms with van der Waals surface area (Å²) in [6, 6.07) is 0.667. The summed E-state index contributed by atoms with van der Waals surface area (Å²) in [5.74, 6) is 0.373. The lowest BCUT2D eigenvalue weighted by Gasteiger charge is -2.39. The van der Waals surface area contributed by atoms with Gasteiger partial charge in [0, 0.05) is 44.2 Å². The molecule has 11 nitrogen and oxygen atoms in total. The van der Waals surface area contributed by atoms with Gasteiger partial charge in [-0.25, -0.2) is 22.7 Å². The number of aromatic nitrogens is 4. The molecule has 0 amide bonds. The predicted molar refractivity (Wildman–Crippen MR) is 124 cm³/mol. The third kappa shape index (κ3) is 6.17. The highest BCUT2D eigenvalue weighted by molar-refractivity contribution is 7.88. The molecule has 0 saturated carbocycles. The molecule has 4 heterocycles. The molecule has 15 heteroatoms. The molecule has 0 bridgehead atoms. The van der Waals surface area contributed by atoms with Gasteiger partial charge in [-0.2, -0.15) is 18.2 Å². The Morgan fingerprint density at radius 3 is 2.33 bits per heavy atom. The van der Waals surface area contributed by atoms with Gasteiger partial charge in [-0.1, -0.05) is 19.0 Å². The zero-order valence-corrected chi connectivity index (χ0v) is 21.2. The van der Waals surface area contributed by atoms with Crippen LogP contribution in [0.3, 0.4) is 0 Å². The first-order valence-corrected chi connectivity index (χ1v) is 13.6. The van der Waals surface area contributed by atoms with Crippen molar-refractivity contribution >= 4 is 21.9 Å². The third-order valence-corrected chi connectivity index (χ3v) is 7.66. The molecule has 0 spiro atoms. The standard InChI is InChI=1S/C21H30F3N7O4S/c1-14(2)19-27-20(35-28-19)29-8-4-15(5-9-29)31(21(22,23)24)17-12-18(26-13-25-17)34-16-6-10-30(11-7-16)36(3,32)33/h12-16H,4-11H2,1-3H3. The highest BCUT2D eigenvalue weighted by Crippen LogP contribution is 2.35. The van der Waals surface area contributed by atoms with Gasteiger partial charge in [0.05, 0.1) is 6.26 Å². The van der Waals surface area contributed by atoms with Crippen molar-refractivity contribution in [3.63, 3.8) is 0 Å². The molecule has 0 N–H and O–H groups in total. The summed E-state index contributed by atoms with van der Waals surface area (Å²) in [6.07, 6.45) is -1.55. The number of anilines is 2. The van der Waals surface area contributed by atoms with Crippen molar-refractivity contribution in [1.29, 1.82) is 0 Å². The molecule has 2 aromatic heterocycles. The average molecular weight is 534 g/mol. The molecule has 0 aromatic carbocycles. The summed E-state index contributed by atoms with van der Waals surface area (Å²) in [6.45, 7) is 5.08. The topological polar surface area (TPSA) is 118 Å². The van der Waals surface area contributed by atoms with Crippen LogP contribution in [0.5, 0.6) is 5.88 Å². The normalized spacial score (nSPS) is 19.1. The quantitative estimate of drug-likeness (QED) is 0.492.